The van der Waals surface area contributed by atoms with Crippen LogP contribution < -0.4 is 9.62 Å². The van der Waals surface area contributed by atoms with Crippen LogP contribution in [0.2, 0.25) is 0 Å². The number of pyridine rings is 1. The molecule has 10 nitrogen and oxygen atoms in total. The highest BCUT2D eigenvalue weighted by Crippen LogP contribution is 2.34. The quantitative estimate of drug-likeness (QED) is 0.183. The van der Waals surface area contributed by atoms with Gasteiger partial charge in [-0.15, -0.1) is 0 Å². The number of imidazole rings is 1. The van der Waals surface area contributed by atoms with Gasteiger partial charge in [0, 0.05) is 23.3 Å². The summed E-state index contributed by atoms with van der Waals surface area (Å²) in [6, 6.07) is 21.8. The Morgan fingerprint density at radius 3 is 2.57 bits per heavy atom. The molecule has 44 heavy (non-hydrogen) atoms. The number of benzene rings is 3. The fraction of sp³-hybridized carbons (Fsp3) is 0.188. The average molecular weight is 630 g/mol. The third-order valence-electron chi connectivity index (χ3n) is 7.05. The number of nitrogens with one attached hydrogen (secondary N) is 2. The lowest BCUT2D eigenvalue weighted by atomic mass is 9.98. The summed E-state index contributed by atoms with van der Waals surface area (Å²) in [7, 11) is -2.89. The van der Waals surface area contributed by atoms with Crippen LogP contribution in [0.15, 0.2) is 102 Å². The third-order valence-corrected chi connectivity index (χ3v) is 9.50. The van der Waals surface area contributed by atoms with Crippen LogP contribution in [0.3, 0.4) is 0 Å². The van der Waals surface area contributed by atoms with Crippen LogP contribution in [0, 0.1) is 0 Å². The predicted octanol–water partition coefficient (Wildman–Crippen LogP) is 5.04. The molecule has 0 saturated heterocycles. The largest absolute Gasteiger partial charge is 0.467 e. The molecule has 0 bridgehead atoms. The van der Waals surface area contributed by atoms with E-state index in [4.69, 9.17) is 4.74 Å². The molecule has 2 aromatic heterocycles. The maximum absolute atomic E-state index is 14.4. The molecular formula is C32H31N5O5S2. The molecule has 226 valence electrons. The molecule has 0 saturated carbocycles. The monoisotopic (exact) mass is 629 g/mol. The van der Waals surface area contributed by atoms with Crippen molar-refractivity contribution in [2.24, 2.45) is 0 Å². The van der Waals surface area contributed by atoms with Crippen molar-refractivity contribution < 1.29 is 22.7 Å². The van der Waals surface area contributed by atoms with Crippen LogP contribution >= 0.6 is 11.8 Å². The summed E-state index contributed by atoms with van der Waals surface area (Å²) >= 11 is 1.56. The topological polar surface area (TPSA) is 134 Å². The zero-order valence-corrected chi connectivity index (χ0v) is 25.8. The van der Waals surface area contributed by atoms with Crippen molar-refractivity contribution in [1.29, 1.82) is 0 Å². The number of nitrogens with zero attached hydrogens (tertiary/aromatic N) is 3. The number of para-hydroxylation sites is 1. The van der Waals surface area contributed by atoms with Gasteiger partial charge >= 0.3 is 5.97 Å². The molecule has 0 radical (unpaired) electrons. The van der Waals surface area contributed by atoms with Crippen LogP contribution in [0.1, 0.15) is 22.5 Å². The molecule has 5 aromatic rings. The van der Waals surface area contributed by atoms with E-state index in [-0.39, 0.29) is 17.0 Å². The number of hydrogen-bond donors (Lipinski definition) is 2. The van der Waals surface area contributed by atoms with Crippen molar-refractivity contribution in [2.45, 2.75) is 23.9 Å². The zero-order chi connectivity index (χ0) is 31.1. The van der Waals surface area contributed by atoms with E-state index >= 15 is 0 Å². The first kappa shape index (κ1) is 30.8. The van der Waals surface area contributed by atoms with Gasteiger partial charge in [-0.1, -0.05) is 48.5 Å². The van der Waals surface area contributed by atoms with Crippen molar-refractivity contribution >= 4 is 50.3 Å². The molecule has 0 aliphatic rings. The Morgan fingerprint density at radius 1 is 1.05 bits per heavy atom. The van der Waals surface area contributed by atoms with Crippen LogP contribution in [0.5, 0.6) is 0 Å². The lowest BCUT2D eigenvalue weighted by molar-refractivity contribution is -0.142. The van der Waals surface area contributed by atoms with Crippen molar-refractivity contribution in [2.75, 3.05) is 23.4 Å². The van der Waals surface area contributed by atoms with Crippen LogP contribution in [0.25, 0.3) is 22.0 Å². The Labute approximate surface area is 259 Å². The minimum atomic E-state index is -4.17. The normalized spacial score (nSPS) is 12.0. The first-order chi connectivity index (χ1) is 21.3. The Morgan fingerprint density at radius 2 is 1.84 bits per heavy atom. The number of ether oxygens (including phenoxy) is 1. The highest BCUT2D eigenvalue weighted by atomic mass is 32.2. The van der Waals surface area contributed by atoms with Crippen LogP contribution in [0.4, 0.5) is 5.69 Å². The van der Waals surface area contributed by atoms with E-state index in [9.17, 15) is 18.0 Å². The number of fused-ring (bicyclic) bond motifs is 1. The number of aromatic nitrogens is 3. The van der Waals surface area contributed by atoms with E-state index < -0.39 is 27.9 Å². The molecule has 0 fully saturated rings. The number of H-pyrrole nitrogens is 1. The van der Waals surface area contributed by atoms with Gasteiger partial charge in [-0.25, -0.2) is 18.2 Å². The fourth-order valence-electron chi connectivity index (χ4n) is 4.85. The standard InChI is InChI=1S/C32H31N5O5S2/c1-42-32(39)28(15-17-43-2)36-31(38)26-14-13-25(18-27(26)22-8-4-3-5-9-22)37(20-24-19-33-21-35-24)44(40,41)29-12-6-10-23-11-7-16-34-30(23)29/h3-14,16,18-19,21,28H,15,17,20H2,1-2H3,(H,33,35)(H,36,38)/t28-/m0/s1. The summed E-state index contributed by atoms with van der Waals surface area (Å²) in [5, 5.41) is 3.50. The number of esters is 1. The number of amides is 1. The highest BCUT2D eigenvalue weighted by molar-refractivity contribution is 7.98. The second kappa shape index (κ2) is 13.7. The summed E-state index contributed by atoms with van der Waals surface area (Å²) in [6.07, 6.45) is 6.91. The maximum atomic E-state index is 14.4. The molecule has 12 heteroatoms. The molecule has 1 amide bonds. The molecule has 3 aromatic carbocycles. The molecule has 1 atom stereocenters. The molecule has 5 rings (SSSR count). The second-order valence-electron chi connectivity index (χ2n) is 9.85. The lowest BCUT2D eigenvalue weighted by Crippen LogP contribution is -2.42. The minimum absolute atomic E-state index is 0.0490. The minimum Gasteiger partial charge on any atom is -0.467 e. The van der Waals surface area contributed by atoms with E-state index in [0.717, 1.165) is 0 Å². The number of rotatable bonds is 12. The van der Waals surface area contributed by atoms with E-state index in [1.807, 2.05) is 48.7 Å². The summed E-state index contributed by atoms with van der Waals surface area (Å²) in [4.78, 5) is 37.6. The van der Waals surface area contributed by atoms with Gasteiger partial charge in [-0.3, -0.25) is 14.1 Å². The Kier molecular flexibility index (Phi) is 9.61. The number of carbonyl (C=O) groups is 2. The lowest BCUT2D eigenvalue weighted by Gasteiger charge is -2.26. The fourth-order valence-corrected chi connectivity index (χ4v) is 6.92. The molecule has 2 N–H and O–H groups in total. The Hall–Kier alpha value is -4.68. The number of anilines is 1. The van der Waals surface area contributed by atoms with Crippen LogP contribution in [-0.4, -0.2) is 60.4 Å². The van der Waals surface area contributed by atoms with E-state index in [2.05, 4.69) is 20.3 Å². The van der Waals surface area contributed by atoms with E-state index in [1.165, 1.54) is 23.8 Å². The van der Waals surface area contributed by atoms with Gasteiger partial charge in [0.25, 0.3) is 15.9 Å². The van der Waals surface area contributed by atoms with Crippen molar-refractivity contribution in [3.63, 3.8) is 0 Å². The van der Waals surface area contributed by atoms with Gasteiger partial charge < -0.3 is 15.0 Å². The second-order valence-corrected chi connectivity index (χ2v) is 12.7. The average Bonchev–Trinajstić information content (AvgIpc) is 3.58. The summed E-state index contributed by atoms with van der Waals surface area (Å²) in [6.45, 7) is -0.0512. The maximum Gasteiger partial charge on any atom is 0.328 e. The molecule has 0 unspecified atom stereocenters. The van der Waals surface area contributed by atoms with Gasteiger partial charge in [0.2, 0.25) is 0 Å². The van der Waals surface area contributed by atoms with Gasteiger partial charge in [0.15, 0.2) is 0 Å². The third kappa shape index (κ3) is 6.61. The molecule has 2 heterocycles. The van der Waals surface area contributed by atoms with Gasteiger partial charge in [-0.05, 0) is 59.9 Å². The van der Waals surface area contributed by atoms with Crippen molar-refractivity contribution in [1.82, 2.24) is 20.3 Å². The van der Waals surface area contributed by atoms with Gasteiger partial charge in [-0.2, -0.15) is 11.8 Å². The number of thioether (sulfide) groups is 1. The summed E-state index contributed by atoms with van der Waals surface area (Å²) in [5.74, 6) is -0.368. The molecule has 0 aliphatic heterocycles. The number of carbonyl (C=O) groups excluding carboxylic acids is 2. The summed E-state index contributed by atoms with van der Waals surface area (Å²) < 4.78 is 35.0. The van der Waals surface area contributed by atoms with E-state index in [1.54, 1.807) is 54.5 Å². The Balaban J connectivity index is 1.63. The van der Waals surface area contributed by atoms with Crippen LogP contribution in [-0.2, 0) is 26.1 Å². The van der Waals surface area contributed by atoms with Crippen molar-refractivity contribution in [3.05, 3.63) is 109 Å². The number of hydrogen-bond acceptors (Lipinski definition) is 8. The first-order valence-electron chi connectivity index (χ1n) is 13.7. The SMILES string of the molecule is COC(=O)[C@H](CCSC)NC(=O)c1ccc(N(Cc2cnc[nH]2)S(=O)(=O)c2cccc3cccnc23)cc1-c1ccccc1. The first-order valence-corrected chi connectivity index (χ1v) is 16.6. The smallest absolute Gasteiger partial charge is 0.328 e. The molecule has 0 aliphatic carbocycles. The molecule has 0 spiro atoms. The predicted molar refractivity (Wildman–Crippen MR) is 172 cm³/mol. The molecular weight excluding hydrogens is 599 g/mol. The number of methoxy groups -OCH3 is 1. The zero-order valence-electron chi connectivity index (χ0n) is 24.1. The van der Waals surface area contributed by atoms with Crippen molar-refractivity contribution in [3.8, 4) is 11.1 Å². The number of aromatic amines is 1. The summed E-state index contributed by atoms with van der Waals surface area (Å²) in [5.41, 5.74) is 2.72. The van der Waals surface area contributed by atoms with Gasteiger partial charge in [0.1, 0.15) is 10.9 Å². The number of sulfonamides is 1. The Bertz CT molecular complexity index is 1860. The highest BCUT2D eigenvalue weighted by Gasteiger charge is 2.30. The van der Waals surface area contributed by atoms with E-state index in [0.29, 0.717) is 45.6 Å². The van der Waals surface area contributed by atoms with Gasteiger partial charge in [0.05, 0.1) is 36.9 Å².